The fourth-order valence-electron chi connectivity index (χ4n) is 4.95. The smallest absolute Gasteiger partial charge is 0.224 e. The minimum Gasteiger partial charge on any atom is -0.494 e. The normalized spacial score (nSPS) is 13.8. The van der Waals surface area contributed by atoms with E-state index in [4.69, 9.17) is 21.3 Å². The lowest BCUT2D eigenvalue weighted by Gasteiger charge is -2.15. The highest BCUT2D eigenvalue weighted by molar-refractivity contribution is 9.10. The summed E-state index contributed by atoms with van der Waals surface area (Å²) in [6, 6.07) is 20.3. The average molecular weight is 664 g/mol. The second-order valence-electron chi connectivity index (χ2n) is 10.1. The van der Waals surface area contributed by atoms with Crippen molar-refractivity contribution in [3.05, 3.63) is 99.0 Å². The highest BCUT2D eigenvalue weighted by Crippen LogP contribution is 2.34. The first-order chi connectivity index (χ1) is 20.8. The Labute approximate surface area is 263 Å². The van der Waals surface area contributed by atoms with Gasteiger partial charge in [0.25, 0.3) is 0 Å². The molecule has 3 aromatic carbocycles. The van der Waals surface area contributed by atoms with Gasteiger partial charge >= 0.3 is 0 Å². The predicted octanol–water partition coefficient (Wildman–Crippen LogP) is 6.60. The van der Waals surface area contributed by atoms with Crippen molar-refractivity contribution in [2.75, 3.05) is 18.5 Å². The average Bonchev–Trinajstić information content (AvgIpc) is 3.30. The van der Waals surface area contributed by atoms with Crippen LogP contribution in [0.5, 0.6) is 5.75 Å². The number of benzene rings is 3. The molecule has 0 saturated carbocycles. The quantitative estimate of drug-likeness (QED) is 0.176. The Bertz CT molecular complexity index is 1650. The number of nitrogens with zero attached hydrogens (tertiary/aromatic N) is 4. The molecular formula is C32H32BrClN6O3. The van der Waals surface area contributed by atoms with Gasteiger partial charge in [-0.25, -0.2) is 0 Å². The van der Waals surface area contributed by atoms with Crippen LogP contribution in [0.3, 0.4) is 0 Å². The van der Waals surface area contributed by atoms with Gasteiger partial charge in [-0.2, -0.15) is 0 Å². The molecule has 0 bridgehead atoms. The largest absolute Gasteiger partial charge is 0.494 e. The molecule has 0 spiro atoms. The van der Waals surface area contributed by atoms with Crippen LogP contribution in [0.2, 0.25) is 5.02 Å². The topological polar surface area (TPSA) is 110 Å². The van der Waals surface area contributed by atoms with Gasteiger partial charge in [-0.05, 0) is 75.2 Å². The molecule has 0 unspecified atom stereocenters. The Morgan fingerprint density at radius 3 is 2.60 bits per heavy atom. The SMILES string of the molecule is CCNC(=O)C[C@@H]1N=C(c2ccc(Cl)cc2)c2cc(OCCCCC(=O)Nc3cccc(Br)c3)ccc2-n2c(C)nnc21. The van der Waals surface area contributed by atoms with E-state index in [1.54, 1.807) is 0 Å². The fraction of sp³-hybridized carbons (Fsp3) is 0.281. The zero-order valence-corrected chi connectivity index (χ0v) is 26.3. The van der Waals surface area contributed by atoms with Crippen LogP contribution in [0.1, 0.15) is 61.4 Å². The maximum atomic E-state index is 12.7. The maximum Gasteiger partial charge on any atom is 0.224 e. The van der Waals surface area contributed by atoms with Crippen molar-refractivity contribution in [2.45, 2.75) is 45.6 Å². The van der Waals surface area contributed by atoms with Crippen LogP contribution in [-0.2, 0) is 9.59 Å². The molecule has 0 fully saturated rings. The number of halogens is 2. The van der Waals surface area contributed by atoms with Crippen molar-refractivity contribution in [3.63, 3.8) is 0 Å². The minimum atomic E-state index is -0.543. The first-order valence-electron chi connectivity index (χ1n) is 14.2. The number of carbonyl (C=O) groups is 2. The molecule has 2 N–H and O–H groups in total. The Balaban J connectivity index is 1.35. The van der Waals surface area contributed by atoms with Crippen molar-refractivity contribution in [1.82, 2.24) is 20.1 Å². The van der Waals surface area contributed by atoms with Gasteiger partial charge in [0.05, 0.1) is 24.4 Å². The third-order valence-electron chi connectivity index (χ3n) is 6.94. The van der Waals surface area contributed by atoms with Gasteiger partial charge in [-0.1, -0.05) is 45.7 Å². The summed E-state index contributed by atoms with van der Waals surface area (Å²) in [5.74, 6) is 1.82. The van der Waals surface area contributed by atoms with Gasteiger partial charge in [0.2, 0.25) is 11.8 Å². The number of anilines is 1. The molecule has 11 heteroatoms. The molecule has 0 aliphatic carbocycles. The van der Waals surface area contributed by atoms with Crippen LogP contribution in [0, 0.1) is 6.92 Å². The number of fused-ring (bicyclic) bond motifs is 3. The van der Waals surface area contributed by atoms with Crippen LogP contribution < -0.4 is 15.4 Å². The second kappa shape index (κ2) is 14.0. The van der Waals surface area contributed by atoms with E-state index in [-0.39, 0.29) is 18.2 Å². The summed E-state index contributed by atoms with van der Waals surface area (Å²) in [7, 11) is 0. The Morgan fingerprint density at radius 1 is 1.02 bits per heavy atom. The van der Waals surface area contributed by atoms with Crippen LogP contribution in [0.15, 0.2) is 76.2 Å². The van der Waals surface area contributed by atoms with E-state index < -0.39 is 6.04 Å². The number of unbranched alkanes of at least 4 members (excludes halogenated alkanes) is 1. The van der Waals surface area contributed by atoms with Gasteiger partial charge in [0.15, 0.2) is 5.82 Å². The number of aryl methyl sites for hydroxylation is 1. The summed E-state index contributed by atoms with van der Waals surface area (Å²) >= 11 is 9.62. The molecule has 0 radical (unpaired) electrons. The Morgan fingerprint density at radius 2 is 1.84 bits per heavy atom. The monoisotopic (exact) mass is 662 g/mol. The van der Waals surface area contributed by atoms with Crippen molar-refractivity contribution >= 4 is 50.7 Å². The molecule has 43 heavy (non-hydrogen) atoms. The summed E-state index contributed by atoms with van der Waals surface area (Å²) in [6.07, 6.45) is 1.93. The van der Waals surface area contributed by atoms with Gasteiger partial charge in [-0.15, -0.1) is 10.2 Å². The van der Waals surface area contributed by atoms with E-state index in [1.807, 2.05) is 85.1 Å². The third kappa shape index (κ3) is 7.50. The van der Waals surface area contributed by atoms with Gasteiger partial charge in [0, 0.05) is 39.3 Å². The Hall–Kier alpha value is -4.02. The van der Waals surface area contributed by atoms with Crippen molar-refractivity contribution in [1.29, 1.82) is 0 Å². The lowest BCUT2D eigenvalue weighted by molar-refractivity contribution is -0.121. The van der Waals surface area contributed by atoms with Gasteiger partial charge in [-0.3, -0.25) is 19.1 Å². The molecule has 1 aliphatic heterocycles. The number of ether oxygens (including phenoxy) is 1. The number of amides is 2. The molecule has 2 heterocycles. The minimum absolute atomic E-state index is 0.0331. The van der Waals surface area contributed by atoms with Crippen molar-refractivity contribution in [3.8, 4) is 11.4 Å². The molecule has 1 aromatic heterocycles. The summed E-state index contributed by atoms with van der Waals surface area (Å²) in [5, 5.41) is 15.2. The highest BCUT2D eigenvalue weighted by Gasteiger charge is 2.30. The van der Waals surface area contributed by atoms with Crippen LogP contribution in [0.4, 0.5) is 5.69 Å². The molecule has 4 aromatic rings. The molecular weight excluding hydrogens is 632 g/mol. The predicted molar refractivity (Wildman–Crippen MR) is 171 cm³/mol. The summed E-state index contributed by atoms with van der Waals surface area (Å²) < 4.78 is 9.01. The first kappa shape index (κ1) is 30.4. The number of hydrogen-bond acceptors (Lipinski definition) is 6. The van der Waals surface area contributed by atoms with E-state index in [9.17, 15) is 9.59 Å². The third-order valence-corrected chi connectivity index (χ3v) is 7.69. The molecule has 2 amide bonds. The molecule has 222 valence electrons. The number of nitrogens with one attached hydrogen (secondary N) is 2. The summed E-state index contributed by atoms with van der Waals surface area (Å²) in [5.41, 5.74) is 4.01. The van der Waals surface area contributed by atoms with Crippen molar-refractivity contribution < 1.29 is 14.3 Å². The van der Waals surface area contributed by atoms with E-state index in [1.165, 1.54) is 0 Å². The number of rotatable bonds is 11. The van der Waals surface area contributed by atoms with Gasteiger partial charge in [0.1, 0.15) is 17.6 Å². The molecule has 1 atom stereocenters. The van der Waals surface area contributed by atoms with Gasteiger partial charge < -0.3 is 15.4 Å². The number of hydrogen-bond donors (Lipinski definition) is 2. The number of carbonyl (C=O) groups excluding carboxylic acids is 2. The molecule has 9 nitrogen and oxygen atoms in total. The highest BCUT2D eigenvalue weighted by atomic mass is 79.9. The number of aromatic nitrogens is 3. The van der Waals surface area contributed by atoms with E-state index >= 15 is 0 Å². The first-order valence-corrected chi connectivity index (χ1v) is 15.3. The summed E-state index contributed by atoms with van der Waals surface area (Å²) in [6.45, 7) is 4.75. The Kier molecular flexibility index (Phi) is 9.89. The molecule has 5 rings (SSSR count). The lowest BCUT2D eigenvalue weighted by Crippen LogP contribution is -2.25. The lowest BCUT2D eigenvalue weighted by atomic mass is 10.00. The van der Waals surface area contributed by atoms with Crippen LogP contribution >= 0.6 is 27.5 Å². The summed E-state index contributed by atoms with van der Waals surface area (Å²) in [4.78, 5) is 30.1. The standard InChI is InChI=1S/C32H32BrClN6O3/c1-3-35-30(42)19-27-32-39-38-20(2)40(32)28-15-14-25(18-26(28)31(37-27)21-10-12-23(34)13-11-21)43-16-5-4-9-29(41)36-24-8-6-7-22(33)17-24/h6-8,10-15,17-18,27H,3-5,9,16,19H2,1-2H3,(H,35,42)(H,36,41)/t27-/m0/s1. The fourth-order valence-corrected chi connectivity index (χ4v) is 5.48. The maximum absolute atomic E-state index is 12.7. The van der Waals surface area contributed by atoms with E-state index in [0.29, 0.717) is 60.5 Å². The van der Waals surface area contributed by atoms with Crippen LogP contribution in [-0.4, -0.2) is 45.4 Å². The second-order valence-corrected chi connectivity index (χ2v) is 11.5. The zero-order valence-electron chi connectivity index (χ0n) is 23.9. The zero-order chi connectivity index (χ0) is 30.3. The van der Waals surface area contributed by atoms with E-state index in [2.05, 4.69) is 36.8 Å². The molecule has 1 aliphatic rings. The number of aliphatic imine (C=N–C) groups is 1. The molecule has 0 saturated heterocycles. The van der Waals surface area contributed by atoms with Crippen LogP contribution in [0.25, 0.3) is 5.69 Å². The van der Waals surface area contributed by atoms with E-state index in [0.717, 1.165) is 27.0 Å². The van der Waals surface area contributed by atoms with Crippen molar-refractivity contribution in [2.24, 2.45) is 4.99 Å².